The molecule has 1 aromatic rings. The molecule has 8 nitrogen and oxygen atoms in total. The number of nitrogens with one attached hydrogen (secondary N) is 2. The first-order valence-electron chi connectivity index (χ1n) is 7.18. The molecule has 0 aromatic carbocycles. The van der Waals surface area contributed by atoms with Crippen molar-refractivity contribution in [1.82, 2.24) is 15.0 Å². The molecule has 1 unspecified atom stereocenters. The van der Waals surface area contributed by atoms with E-state index >= 15 is 0 Å². The van der Waals surface area contributed by atoms with Crippen molar-refractivity contribution in [2.24, 2.45) is 5.84 Å². The summed E-state index contributed by atoms with van der Waals surface area (Å²) >= 11 is 0. The van der Waals surface area contributed by atoms with Crippen LogP contribution in [-0.4, -0.2) is 47.3 Å². The molecule has 2 fully saturated rings. The van der Waals surface area contributed by atoms with Crippen LogP contribution in [0.15, 0.2) is 0 Å². The predicted octanol–water partition coefficient (Wildman–Crippen LogP) is 0.348. The van der Waals surface area contributed by atoms with Gasteiger partial charge < -0.3 is 15.0 Å². The summed E-state index contributed by atoms with van der Waals surface area (Å²) in [5.41, 5.74) is 2.50. The van der Waals surface area contributed by atoms with Crippen LogP contribution in [0.4, 0.5) is 17.8 Å². The summed E-state index contributed by atoms with van der Waals surface area (Å²) in [6.07, 6.45) is 4.80. The van der Waals surface area contributed by atoms with E-state index in [0.717, 1.165) is 32.5 Å². The number of nitrogens with zero attached hydrogens (tertiary/aromatic N) is 4. The molecular weight excluding hydrogens is 258 g/mol. The zero-order valence-corrected chi connectivity index (χ0v) is 11.5. The number of ether oxygens (including phenoxy) is 1. The Bertz CT molecular complexity index is 443. The molecular formula is C12H21N7O. The van der Waals surface area contributed by atoms with Gasteiger partial charge in [-0.15, -0.1) is 0 Å². The highest BCUT2D eigenvalue weighted by Crippen LogP contribution is 2.19. The maximum atomic E-state index is 5.58. The first-order chi connectivity index (χ1) is 9.85. The van der Waals surface area contributed by atoms with Crippen molar-refractivity contribution in [3.63, 3.8) is 0 Å². The second-order valence-corrected chi connectivity index (χ2v) is 5.14. The van der Waals surface area contributed by atoms with Gasteiger partial charge >= 0.3 is 0 Å². The number of anilines is 3. The zero-order chi connectivity index (χ0) is 13.8. The van der Waals surface area contributed by atoms with Crippen molar-refractivity contribution in [1.29, 1.82) is 0 Å². The van der Waals surface area contributed by atoms with E-state index in [1.165, 1.54) is 12.8 Å². The third kappa shape index (κ3) is 3.07. The van der Waals surface area contributed by atoms with Crippen molar-refractivity contribution < 1.29 is 4.74 Å². The summed E-state index contributed by atoms with van der Waals surface area (Å²) in [5, 5.41) is 3.22. The van der Waals surface area contributed by atoms with Crippen LogP contribution in [0.3, 0.4) is 0 Å². The van der Waals surface area contributed by atoms with E-state index in [1.54, 1.807) is 0 Å². The van der Waals surface area contributed by atoms with Gasteiger partial charge in [0.05, 0.1) is 6.10 Å². The summed E-state index contributed by atoms with van der Waals surface area (Å²) in [4.78, 5) is 15.2. The van der Waals surface area contributed by atoms with Crippen molar-refractivity contribution >= 4 is 17.8 Å². The molecule has 1 aromatic heterocycles. The van der Waals surface area contributed by atoms with E-state index in [1.807, 2.05) is 0 Å². The maximum Gasteiger partial charge on any atom is 0.243 e. The Balaban J connectivity index is 1.69. The number of hydrogen-bond acceptors (Lipinski definition) is 8. The number of hydrazine groups is 1. The van der Waals surface area contributed by atoms with Crippen molar-refractivity contribution in [2.75, 3.05) is 41.9 Å². The Morgan fingerprint density at radius 1 is 1.15 bits per heavy atom. The molecule has 3 rings (SSSR count). The Morgan fingerprint density at radius 2 is 1.95 bits per heavy atom. The fraction of sp³-hybridized carbons (Fsp3) is 0.750. The lowest BCUT2D eigenvalue weighted by atomic mass is 10.2. The molecule has 0 radical (unpaired) electrons. The van der Waals surface area contributed by atoms with Crippen LogP contribution < -0.4 is 21.5 Å². The molecule has 1 atom stereocenters. The Hall–Kier alpha value is -1.67. The van der Waals surface area contributed by atoms with Gasteiger partial charge in [0.25, 0.3) is 0 Å². The minimum atomic E-state index is 0.247. The Labute approximate surface area is 118 Å². The second kappa shape index (κ2) is 6.19. The quantitative estimate of drug-likeness (QED) is 0.524. The van der Waals surface area contributed by atoms with Gasteiger partial charge in [-0.2, -0.15) is 15.0 Å². The molecule has 0 amide bonds. The summed E-state index contributed by atoms with van der Waals surface area (Å²) in [5.74, 6) is 7.04. The summed E-state index contributed by atoms with van der Waals surface area (Å²) < 4.78 is 5.58. The molecule has 8 heteroatoms. The molecule has 4 N–H and O–H groups in total. The van der Waals surface area contributed by atoms with Crippen LogP contribution >= 0.6 is 0 Å². The van der Waals surface area contributed by atoms with E-state index in [4.69, 9.17) is 10.6 Å². The molecule has 0 spiro atoms. The van der Waals surface area contributed by atoms with E-state index in [9.17, 15) is 0 Å². The lowest BCUT2D eigenvalue weighted by molar-refractivity contribution is 0.120. The number of aromatic nitrogens is 3. The maximum absolute atomic E-state index is 5.58. The van der Waals surface area contributed by atoms with Crippen LogP contribution in [0.25, 0.3) is 0 Å². The fourth-order valence-corrected chi connectivity index (χ4v) is 2.58. The van der Waals surface area contributed by atoms with Gasteiger partial charge in [-0.25, -0.2) is 5.84 Å². The third-order valence-corrected chi connectivity index (χ3v) is 3.65. The van der Waals surface area contributed by atoms with Gasteiger partial charge in [-0.3, -0.25) is 5.43 Å². The molecule has 2 saturated heterocycles. The fourth-order valence-electron chi connectivity index (χ4n) is 2.58. The highest BCUT2D eigenvalue weighted by Gasteiger charge is 2.19. The molecule has 20 heavy (non-hydrogen) atoms. The summed E-state index contributed by atoms with van der Waals surface area (Å²) in [7, 11) is 0. The molecule has 0 bridgehead atoms. The third-order valence-electron chi connectivity index (χ3n) is 3.65. The second-order valence-electron chi connectivity index (χ2n) is 5.14. The van der Waals surface area contributed by atoms with Gasteiger partial charge in [0.2, 0.25) is 17.8 Å². The first kappa shape index (κ1) is 13.3. The van der Waals surface area contributed by atoms with Gasteiger partial charge in [0, 0.05) is 26.2 Å². The Morgan fingerprint density at radius 3 is 2.65 bits per heavy atom. The first-order valence-corrected chi connectivity index (χ1v) is 7.18. The van der Waals surface area contributed by atoms with Gasteiger partial charge in [-0.05, 0) is 25.7 Å². The molecule has 0 aliphatic carbocycles. The highest BCUT2D eigenvalue weighted by molar-refractivity contribution is 5.43. The van der Waals surface area contributed by atoms with Crippen LogP contribution in [0, 0.1) is 0 Å². The lowest BCUT2D eigenvalue weighted by Gasteiger charge is -2.17. The lowest BCUT2D eigenvalue weighted by Crippen LogP contribution is -2.25. The average Bonchev–Trinajstić information content (AvgIpc) is 3.17. The van der Waals surface area contributed by atoms with Crippen molar-refractivity contribution in [3.05, 3.63) is 0 Å². The summed E-state index contributed by atoms with van der Waals surface area (Å²) in [6.45, 7) is 3.53. The predicted molar refractivity (Wildman–Crippen MR) is 76.5 cm³/mol. The largest absolute Gasteiger partial charge is 0.376 e. The van der Waals surface area contributed by atoms with Gasteiger partial charge in [-0.1, -0.05) is 0 Å². The monoisotopic (exact) mass is 279 g/mol. The molecule has 3 heterocycles. The number of nitrogens with two attached hydrogens (primary N) is 1. The summed E-state index contributed by atoms with van der Waals surface area (Å²) in [6, 6.07) is 0. The standard InChI is InChI=1S/C12H21N7O/c13-18-11-15-10(14-8-9-4-3-7-20-9)16-12(17-11)19-5-1-2-6-19/h9H,1-8,13H2,(H2,14,15,16,17,18). The Kier molecular flexibility index (Phi) is 4.12. The van der Waals surface area contributed by atoms with E-state index in [0.29, 0.717) is 24.4 Å². The number of nitrogen functional groups attached to an aromatic ring is 1. The highest BCUT2D eigenvalue weighted by atomic mass is 16.5. The van der Waals surface area contributed by atoms with Gasteiger partial charge in [0.15, 0.2) is 0 Å². The van der Waals surface area contributed by atoms with Crippen LogP contribution in [0.1, 0.15) is 25.7 Å². The molecule has 2 aliphatic heterocycles. The van der Waals surface area contributed by atoms with Crippen LogP contribution in [0.2, 0.25) is 0 Å². The average molecular weight is 279 g/mol. The van der Waals surface area contributed by atoms with Crippen molar-refractivity contribution in [2.45, 2.75) is 31.8 Å². The topological polar surface area (TPSA) is 101 Å². The normalized spacial score (nSPS) is 22.2. The van der Waals surface area contributed by atoms with E-state index in [-0.39, 0.29) is 6.10 Å². The van der Waals surface area contributed by atoms with Crippen LogP contribution in [0.5, 0.6) is 0 Å². The zero-order valence-electron chi connectivity index (χ0n) is 11.5. The number of rotatable bonds is 5. The van der Waals surface area contributed by atoms with E-state index < -0.39 is 0 Å². The minimum absolute atomic E-state index is 0.247. The molecule has 110 valence electrons. The SMILES string of the molecule is NNc1nc(NCC2CCCO2)nc(N2CCCC2)n1. The molecule has 2 aliphatic rings. The van der Waals surface area contributed by atoms with Crippen molar-refractivity contribution in [3.8, 4) is 0 Å². The smallest absolute Gasteiger partial charge is 0.243 e. The minimum Gasteiger partial charge on any atom is -0.376 e. The van der Waals surface area contributed by atoms with E-state index in [2.05, 4.69) is 30.6 Å². The molecule has 0 saturated carbocycles. The van der Waals surface area contributed by atoms with Gasteiger partial charge in [0.1, 0.15) is 0 Å². The number of hydrogen-bond donors (Lipinski definition) is 3. The van der Waals surface area contributed by atoms with Crippen LogP contribution in [-0.2, 0) is 4.74 Å².